The van der Waals surface area contributed by atoms with Gasteiger partial charge < -0.3 is 4.74 Å². The molecule has 0 saturated heterocycles. The number of halogens is 1. The third-order valence-corrected chi connectivity index (χ3v) is 5.06. The number of ether oxygens (including phenoxy) is 1. The van der Waals surface area contributed by atoms with Gasteiger partial charge in [-0.25, -0.2) is 9.18 Å². The van der Waals surface area contributed by atoms with Crippen molar-refractivity contribution in [1.29, 1.82) is 0 Å². The molecule has 2 aromatic carbocycles. The SMILES string of the molecule is CCC1CCC(c2ccc(C(=O)Oc3ccccc3)c(F)c2)CC1. The van der Waals surface area contributed by atoms with Gasteiger partial charge in [-0.3, -0.25) is 0 Å². The molecule has 0 amide bonds. The molecule has 0 bridgehead atoms. The normalized spacial score (nSPS) is 20.6. The lowest BCUT2D eigenvalue weighted by molar-refractivity contribution is 0.0730. The topological polar surface area (TPSA) is 26.3 Å². The average molecular weight is 326 g/mol. The van der Waals surface area contributed by atoms with Gasteiger partial charge >= 0.3 is 5.97 Å². The molecule has 3 rings (SSSR count). The van der Waals surface area contributed by atoms with Crippen molar-refractivity contribution in [3.8, 4) is 5.75 Å². The third-order valence-electron chi connectivity index (χ3n) is 5.06. The van der Waals surface area contributed by atoms with Crippen molar-refractivity contribution in [2.75, 3.05) is 0 Å². The van der Waals surface area contributed by atoms with Crippen molar-refractivity contribution in [3.63, 3.8) is 0 Å². The third kappa shape index (κ3) is 3.84. The van der Waals surface area contributed by atoms with Crippen molar-refractivity contribution in [2.45, 2.75) is 44.9 Å². The summed E-state index contributed by atoms with van der Waals surface area (Å²) < 4.78 is 19.6. The van der Waals surface area contributed by atoms with Crippen molar-refractivity contribution in [2.24, 2.45) is 5.92 Å². The molecule has 0 heterocycles. The van der Waals surface area contributed by atoms with E-state index < -0.39 is 11.8 Å². The van der Waals surface area contributed by atoms with E-state index in [0.717, 1.165) is 24.3 Å². The summed E-state index contributed by atoms with van der Waals surface area (Å²) in [6.45, 7) is 2.23. The van der Waals surface area contributed by atoms with E-state index in [-0.39, 0.29) is 5.56 Å². The summed E-state index contributed by atoms with van der Waals surface area (Å²) in [6.07, 6.45) is 5.85. The Morgan fingerprint density at radius 3 is 2.42 bits per heavy atom. The minimum absolute atomic E-state index is 0.00940. The molecule has 0 aliphatic heterocycles. The van der Waals surface area contributed by atoms with E-state index in [2.05, 4.69) is 6.92 Å². The summed E-state index contributed by atoms with van der Waals surface area (Å²) >= 11 is 0. The largest absolute Gasteiger partial charge is 0.423 e. The Hall–Kier alpha value is -2.16. The number of rotatable bonds is 4. The van der Waals surface area contributed by atoms with Crippen LogP contribution in [-0.2, 0) is 0 Å². The van der Waals surface area contributed by atoms with Gasteiger partial charge in [-0.05, 0) is 67.3 Å². The number of esters is 1. The monoisotopic (exact) mass is 326 g/mol. The molecular formula is C21H23FO2. The van der Waals surface area contributed by atoms with Gasteiger partial charge in [-0.15, -0.1) is 0 Å². The van der Waals surface area contributed by atoms with Crippen LogP contribution in [0.3, 0.4) is 0 Å². The first-order chi connectivity index (χ1) is 11.7. The van der Waals surface area contributed by atoms with Gasteiger partial charge in [0, 0.05) is 0 Å². The highest BCUT2D eigenvalue weighted by Gasteiger charge is 2.23. The molecule has 2 aromatic rings. The molecule has 1 aliphatic rings. The van der Waals surface area contributed by atoms with Crippen LogP contribution >= 0.6 is 0 Å². The molecular weight excluding hydrogens is 303 g/mol. The highest BCUT2D eigenvalue weighted by molar-refractivity contribution is 5.91. The first-order valence-corrected chi connectivity index (χ1v) is 8.74. The van der Waals surface area contributed by atoms with Gasteiger partial charge in [0.2, 0.25) is 0 Å². The Morgan fingerprint density at radius 2 is 1.79 bits per heavy atom. The second-order valence-corrected chi connectivity index (χ2v) is 6.57. The summed E-state index contributed by atoms with van der Waals surface area (Å²) in [4.78, 5) is 12.1. The van der Waals surface area contributed by atoms with E-state index in [4.69, 9.17) is 4.74 Å². The van der Waals surface area contributed by atoms with Gasteiger partial charge in [-0.1, -0.05) is 37.6 Å². The molecule has 3 heteroatoms. The second kappa shape index (κ2) is 7.61. The zero-order chi connectivity index (χ0) is 16.9. The lowest BCUT2D eigenvalue weighted by atomic mass is 9.78. The lowest BCUT2D eigenvalue weighted by Crippen LogP contribution is -2.14. The van der Waals surface area contributed by atoms with Gasteiger partial charge in [0.1, 0.15) is 11.6 Å². The Morgan fingerprint density at radius 1 is 1.08 bits per heavy atom. The minimum atomic E-state index is -0.653. The standard InChI is InChI=1S/C21H23FO2/c1-2-15-8-10-16(11-9-15)17-12-13-19(20(22)14-17)21(23)24-18-6-4-3-5-7-18/h3-7,12-16H,2,8-11H2,1H3. The number of carbonyl (C=O) groups excluding carboxylic acids is 1. The van der Waals surface area contributed by atoms with Gasteiger partial charge in [0.25, 0.3) is 0 Å². The zero-order valence-corrected chi connectivity index (χ0v) is 14.0. The van der Waals surface area contributed by atoms with Crippen molar-refractivity contribution in [3.05, 3.63) is 65.5 Å². The van der Waals surface area contributed by atoms with E-state index in [1.54, 1.807) is 30.3 Å². The fourth-order valence-corrected chi connectivity index (χ4v) is 3.51. The Labute approximate surface area is 142 Å². The maximum Gasteiger partial charge on any atom is 0.346 e. The van der Waals surface area contributed by atoms with E-state index in [1.807, 2.05) is 12.1 Å². The molecule has 0 atom stereocenters. The van der Waals surface area contributed by atoms with Gasteiger partial charge in [0.05, 0.1) is 5.56 Å². The van der Waals surface area contributed by atoms with E-state index in [0.29, 0.717) is 11.7 Å². The fraction of sp³-hybridized carbons (Fsp3) is 0.381. The summed E-state index contributed by atoms with van der Waals surface area (Å²) in [5, 5.41) is 0. The molecule has 126 valence electrons. The smallest absolute Gasteiger partial charge is 0.346 e. The Kier molecular flexibility index (Phi) is 5.29. The highest BCUT2D eigenvalue weighted by Crippen LogP contribution is 2.37. The molecule has 1 fully saturated rings. The molecule has 0 spiro atoms. The molecule has 1 saturated carbocycles. The van der Waals surface area contributed by atoms with Crippen LogP contribution < -0.4 is 4.74 Å². The zero-order valence-electron chi connectivity index (χ0n) is 14.0. The van der Waals surface area contributed by atoms with Crippen molar-refractivity contribution in [1.82, 2.24) is 0 Å². The van der Waals surface area contributed by atoms with Crippen LogP contribution in [0.15, 0.2) is 48.5 Å². The number of hydrogen-bond donors (Lipinski definition) is 0. The van der Waals surface area contributed by atoms with Crippen LogP contribution in [0.2, 0.25) is 0 Å². The van der Waals surface area contributed by atoms with Crippen LogP contribution in [0.4, 0.5) is 4.39 Å². The molecule has 0 unspecified atom stereocenters. The Bertz CT molecular complexity index is 688. The number of hydrogen-bond acceptors (Lipinski definition) is 2. The predicted molar refractivity (Wildman–Crippen MR) is 92.8 cm³/mol. The average Bonchev–Trinajstić information content (AvgIpc) is 2.62. The molecule has 1 aliphatic carbocycles. The Balaban J connectivity index is 1.69. The van der Waals surface area contributed by atoms with Crippen LogP contribution in [0.5, 0.6) is 5.75 Å². The molecule has 0 N–H and O–H groups in total. The van der Waals surface area contributed by atoms with Gasteiger partial charge in [-0.2, -0.15) is 0 Å². The van der Waals surface area contributed by atoms with E-state index >= 15 is 0 Å². The number of benzene rings is 2. The molecule has 0 radical (unpaired) electrons. The maximum atomic E-state index is 14.4. The number of carbonyl (C=O) groups is 1. The maximum absolute atomic E-state index is 14.4. The fourth-order valence-electron chi connectivity index (χ4n) is 3.51. The lowest BCUT2D eigenvalue weighted by Gasteiger charge is -2.28. The summed E-state index contributed by atoms with van der Waals surface area (Å²) in [5.41, 5.74) is 0.989. The van der Waals surface area contributed by atoms with Crippen LogP contribution in [-0.4, -0.2) is 5.97 Å². The van der Waals surface area contributed by atoms with Crippen LogP contribution in [0.1, 0.15) is 60.9 Å². The first-order valence-electron chi connectivity index (χ1n) is 8.74. The predicted octanol–water partition coefficient (Wildman–Crippen LogP) is 5.73. The summed E-state index contributed by atoms with van der Waals surface area (Å²) in [6, 6.07) is 13.7. The van der Waals surface area contributed by atoms with E-state index in [9.17, 15) is 9.18 Å². The van der Waals surface area contributed by atoms with Crippen LogP contribution in [0.25, 0.3) is 0 Å². The molecule has 24 heavy (non-hydrogen) atoms. The highest BCUT2D eigenvalue weighted by atomic mass is 19.1. The summed E-state index contributed by atoms with van der Waals surface area (Å²) in [7, 11) is 0. The van der Waals surface area contributed by atoms with Gasteiger partial charge in [0.15, 0.2) is 0 Å². The first kappa shape index (κ1) is 16.7. The minimum Gasteiger partial charge on any atom is -0.423 e. The van der Waals surface area contributed by atoms with Crippen molar-refractivity contribution < 1.29 is 13.9 Å². The van der Waals surface area contributed by atoms with Crippen LogP contribution in [0, 0.1) is 11.7 Å². The molecule has 0 aromatic heterocycles. The molecule has 2 nitrogen and oxygen atoms in total. The van der Waals surface area contributed by atoms with E-state index in [1.165, 1.54) is 25.3 Å². The second-order valence-electron chi connectivity index (χ2n) is 6.57. The number of para-hydroxylation sites is 1. The summed E-state index contributed by atoms with van der Waals surface area (Å²) in [5.74, 6) is 0.488. The van der Waals surface area contributed by atoms with Crippen molar-refractivity contribution >= 4 is 5.97 Å². The quantitative estimate of drug-likeness (QED) is 0.530.